The van der Waals surface area contributed by atoms with Crippen LogP contribution in [0.1, 0.15) is 34.5 Å². The van der Waals surface area contributed by atoms with Gasteiger partial charge in [0.2, 0.25) is 0 Å². The smallest absolute Gasteiger partial charge is 0.259 e. The van der Waals surface area contributed by atoms with Gasteiger partial charge in [-0.25, -0.2) is 0 Å². The molecule has 1 aliphatic rings. The number of amides is 1. The molecule has 1 fully saturated rings. The number of benzene rings is 1. The second kappa shape index (κ2) is 5.31. The Morgan fingerprint density at radius 1 is 1.37 bits per heavy atom. The van der Waals surface area contributed by atoms with Crippen molar-refractivity contribution >= 4 is 27.3 Å². The number of carbonyl (C=O) groups excluding carboxylic acids is 1. The Bertz CT molecular complexity index is 599. The van der Waals surface area contributed by atoms with E-state index in [1.165, 1.54) is 36.0 Å². The average Bonchev–Trinajstić information content (AvgIpc) is 2.79. The third kappa shape index (κ3) is 2.51. The zero-order valence-corrected chi connectivity index (χ0v) is 11.6. The molecule has 0 bridgehead atoms. The molecule has 3 rings (SSSR count). The van der Waals surface area contributed by atoms with Gasteiger partial charge < -0.3 is 11.1 Å². The van der Waals surface area contributed by atoms with Gasteiger partial charge >= 0.3 is 0 Å². The minimum absolute atomic E-state index is 0.299. The highest BCUT2D eigenvalue weighted by atomic mass is 32.1. The van der Waals surface area contributed by atoms with E-state index >= 15 is 0 Å². The van der Waals surface area contributed by atoms with Gasteiger partial charge in [0.15, 0.2) is 0 Å². The normalized spacial score (nSPS) is 19.7. The van der Waals surface area contributed by atoms with Crippen LogP contribution in [0, 0.1) is 0 Å². The van der Waals surface area contributed by atoms with E-state index in [2.05, 4.69) is 17.4 Å². The fraction of sp³-hybridized carbons (Fsp3) is 0.400. The van der Waals surface area contributed by atoms with Gasteiger partial charge in [0, 0.05) is 10.7 Å². The minimum Gasteiger partial charge on any atom is -0.365 e. The Morgan fingerprint density at radius 2 is 2.21 bits per heavy atom. The van der Waals surface area contributed by atoms with Gasteiger partial charge in [-0.15, -0.1) is 11.3 Å². The van der Waals surface area contributed by atoms with Crippen LogP contribution in [0.3, 0.4) is 0 Å². The van der Waals surface area contributed by atoms with Crippen molar-refractivity contribution in [2.45, 2.75) is 31.7 Å². The number of nitrogens with one attached hydrogen (secondary N) is 1. The first-order valence-electron chi connectivity index (χ1n) is 6.79. The van der Waals surface area contributed by atoms with Crippen LogP contribution in [0.2, 0.25) is 0 Å². The van der Waals surface area contributed by atoms with Crippen molar-refractivity contribution in [2.24, 2.45) is 5.73 Å². The largest absolute Gasteiger partial charge is 0.365 e. The number of fused-ring (bicyclic) bond motifs is 1. The second-order valence-corrected chi connectivity index (χ2v) is 6.17. The van der Waals surface area contributed by atoms with Crippen molar-refractivity contribution in [1.29, 1.82) is 0 Å². The molecule has 1 aromatic carbocycles. The Kier molecular flexibility index (Phi) is 3.53. The third-order valence-corrected chi connectivity index (χ3v) is 5.01. The predicted molar refractivity (Wildman–Crippen MR) is 79.7 cm³/mol. The van der Waals surface area contributed by atoms with Gasteiger partial charge in [-0.3, -0.25) is 4.79 Å². The van der Waals surface area contributed by atoms with E-state index in [0.29, 0.717) is 6.04 Å². The van der Waals surface area contributed by atoms with Crippen LogP contribution in [0.15, 0.2) is 24.3 Å². The van der Waals surface area contributed by atoms with Crippen molar-refractivity contribution in [1.82, 2.24) is 5.32 Å². The highest BCUT2D eigenvalue weighted by Crippen LogP contribution is 2.32. The summed E-state index contributed by atoms with van der Waals surface area (Å²) < 4.78 is 1.15. The quantitative estimate of drug-likeness (QED) is 0.904. The summed E-state index contributed by atoms with van der Waals surface area (Å²) in [6.07, 6.45) is 4.61. The monoisotopic (exact) mass is 274 g/mol. The van der Waals surface area contributed by atoms with Crippen molar-refractivity contribution in [3.05, 3.63) is 34.7 Å². The lowest BCUT2D eigenvalue weighted by atomic mass is 9.96. The molecule has 1 amide bonds. The zero-order valence-electron chi connectivity index (χ0n) is 10.8. The number of thiophene rings is 1. The van der Waals surface area contributed by atoms with Crippen molar-refractivity contribution in [2.75, 3.05) is 6.54 Å². The number of piperidine rings is 1. The van der Waals surface area contributed by atoms with Crippen molar-refractivity contribution in [3.8, 4) is 0 Å². The number of primary amides is 1. The standard InChI is InChI=1S/C15H18N2OS/c16-15(18)14-12(9-10-5-3-4-8-17-10)11-6-1-2-7-13(11)19-14/h1-2,6-7,10,17H,3-5,8-9H2,(H2,16,18)/t10-/m1/s1. The van der Waals surface area contributed by atoms with Gasteiger partial charge in [0.25, 0.3) is 5.91 Å². The zero-order chi connectivity index (χ0) is 13.2. The van der Waals surface area contributed by atoms with Crippen LogP contribution < -0.4 is 11.1 Å². The van der Waals surface area contributed by atoms with Crippen molar-refractivity contribution in [3.63, 3.8) is 0 Å². The molecule has 0 radical (unpaired) electrons. The Labute approximate surface area is 116 Å². The first-order valence-corrected chi connectivity index (χ1v) is 7.61. The van der Waals surface area contributed by atoms with E-state index in [9.17, 15) is 4.79 Å². The molecule has 3 N–H and O–H groups in total. The molecule has 0 unspecified atom stereocenters. The molecule has 2 heterocycles. The SMILES string of the molecule is NC(=O)c1sc2ccccc2c1C[C@H]1CCCCN1. The number of hydrogen-bond donors (Lipinski definition) is 2. The predicted octanol–water partition coefficient (Wildman–Crippen LogP) is 2.68. The molecule has 4 heteroatoms. The highest BCUT2D eigenvalue weighted by Gasteiger charge is 2.20. The third-order valence-electron chi connectivity index (χ3n) is 3.78. The molecule has 100 valence electrons. The van der Waals surface area contributed by atoms with Crippen LogP contribution in [-0.2, 0) is 6.42 Å². The lowest BCUT2D eigenvalue weighted by Gasteiger charge is -2.23. The van der Waals surface area contributed by atoms with Crippen LogP contribution in [0.5, 0.6) is 0 Å². The summed E-state index contributed by atoms with van der Waals surface area (Å²) >= 11 is 1.52. The van der Waals surface area contributed by atoms with E-state index in [0.717, 1.165) is 28.1 Å². The maximum absolute atomic E-state index is 11.6. The molecular formula is C15H18N2OS. The van der Waals surface area contributed by atoms with Gasteiger partial charge in [-0.05, 0) is 42.8 Å². The van der Waals surface area contributed by atoms with Gasteiger partial charge in [0.05, 0.1) is 4.88 Å². The summed E-state index contributed by atoms with van der Waals surface area (Å²) in [7, 11) is 0. The van der Waals surface area contributed by atoms with Crippen LogP contribution >= 0.6 is 11.3 Å². The fourth-order valence-corrected chi connectivity index (χ4v) is 3.93. The summed E-state index contributed by atoms with van der Waals surface area (Å²) in [4.78, 5) is 12.4. The Morgan fingerprint density at radius 3 is 2.95 bits per heavy atom. The average molecular weight is 274 g/mol. The summed E-state index contributed by atoms with van der Waals surface area (Å²) in [6.45, 7) is 1.08. The van der Waals surface area contributed by atoms with Gasteiger partial charge in [0.1, 0.15) is 0 Å². The first kappa shape index (κ1) is 12.6. The van der Waals surface area contributed by atoms with Crippen LogP contribution in [0.4, 0.5) is 0 Å². The molecule has 1 saturated heterocycles. The maximum Gasteiger partial charge on any atom is 0.259 e. The van der Waals surface area contributed by atoms with E-state index in [1.807, 2.05) is 12.1 Å². The molecule has 1 aromatic heterocycles. The lowest BCUT2D eigenvalue weighted by Crippen LogP contribution is -2.35. The van der Waals surface area contributed by atoms with Crippen LogP contribution in [-0.4, -0.2) is 18.5 Å². The Balaban J connectivity index is 1.99. The Hall–Kier alpha value is -1.39. The molecule has 3 nitrogen and oxygen atoms in total. The van der Waals surface area contributed by atoms with Crippen molar-refractivity contribution < 1.29 is 4.79 Å². The summed E-state index contributed by atoms with van der Waals surface area (Å²) in [6, 6.07) is 8.66. The van der Waals surface area contributed by atoms with Gasteiger partial charge in [-0.1, -0.05) is 24.6 Å². The number of hydrogen-bond acceptors (Lipinski definition) is 3. The number of nitrogens with two attached hydrogens (primary N) is 1. The number of carbonyl (C=O) groups is 1. The summed E-state index contributed by atoms with van der Waals surface area (Å²) in [5, 5.41) is 4.73. The molecule has 0 saturated carbocycles. The number of rotatable bonds is 3. The second-order valence-electron chi connectivity index (χ2n) is 5.12. The maximum atomic E-state index is 11.6. The molecular weight excluding hydrogens is 256 g/mol. The van der Waals surface area contributed by atoms with Gasteiger partial charge in [-0.2, -0.15) is 0 Å². The minimum atomic E-state index is -0.299. The summed E-state index contributed by atoms with van der Waals surface area (Å²) in [5.74, 6) is -0.299. The first-order chi connectivity index (χ1) is 9.25. The molecule has 2 aromatic rings. The van der Waals surface area contributed by atoms with E-state index in [4.69, 9.17) is 5.73 Å². The summed E-state index contributed by atoms with van der Waals surface area (Å²) in [5.41, 5.74) is 6.67. The topological polar surface area (TPSA) is 55.1 Å². The van der Waals surface area contributed by atoms with E-state index < -0.39 is 0 Å². The van der Waals surface area contributed by atoms with Crippen LogP contribution in [0.25, 0.3) is 10.1 Å². The fourth-order valence-electron chi connectivity index (χ4n) is 2.85. The lowest BCUT2D eigenvalue weighted by molar-refractivity contribution is 0.100. The molecule has 1 aliphatic heterocycles. The van der Waals surface area contributed by atoms with E-state index in [-0.39, 0.29) is 5.91 Å². The molecule has 0 spiro atoms. The molecule has 1 atom stereocenters. The molecule has 19 heavy (non-hydrogen) atoms. The van der Waals surface area contributed by atoms with E-state index in [1.54, 1.807) is 0 Å². The highest BCUT2D eigenvalue weighted by molar-refractivity contribution is 7.21. The molecule has 0 aliphatic carbocycles.